The first-order valence-electron chi connectivity index (χ1n) is 7.13. The molecule has 1 aliphatic heterocycles. The zero-order chi connectivity index (χ0) is 14.5. The summed E-state index contributed by atoms with van der Waals surface area (Å²) in [5, 5.41) is 14.1. The molecule has 2 rings (SSSR count). The van der Waals surface area contributed by atoms with Crippen LogP contribution in [-0.2, 0) is 4.74 Å². The van der Waals surface area contributed by atoms with Crippen molar-refractivity contribution in [3.8, 4) is 0 Å². The molecule has 0 aliphatic carbocycles. The summed E-state index contributed by atoms with van der Waals surface area (Å²) in [6, 6.07) is 0.298. The monoisotopic (exact) mass is 281 g/mol. The topological polar surface area (TPSA) is 81.1 Å². The Morgan fingerprint density at radius 1 is 1.60 bits per heavy atom. The Kier molecular flexibility index (Phi) is 5.08. The zero-order valence-electron chi connectivity index (χ0n) is 12.3. The molecule has 1 amide bonds. The summed E-state index contributed by atoms with van der Waals surface area (Å²) < 4.78 is 7.15. The highest BCUT2D eigenvalue weighted by Crippen LogP contribution is 2.10. The number of aromatic nitrogens is 3. The molecule has 0 saturated carbocycles. The Bertz CT molecular complexity index is 442. The summed E-state index contributed by atoms with van der Waals surface area (Å²) in [4.78, 5) is 12.2. The van der Waals surface area contributed by atoms with E-state index in [0.717, 1.165) is 13.1 Å². The molecule has 1 fully saturated rings. The van der Waals surface area contributed by atoms with E-state index < -0.39 is 0 Å². The summed E-state index contributed by atoms with van der Waals surface area (Å²) >= 11 is 0. The normalized spacial score (nSPS) is 17.0. The molecule has 1 aromatic heterocycles. The van der Waals surface area contributed by atoms with Crippen LogP contribution < -0.4 is 10.6 Å². The van der Waals surface area contributed by atoms with E-state index >= 15 is 0 Å². The van der Waals surface area contributed by atoms with E-state index in [1.54, 1.807) is 10.9 Å². The maximum atomic E-state index is 12.2. The van der Waals surface area contributed by atoms with Crippen LogP contribution in [0.15, 0.2) is 6.20 Å². The van der Waals surface area contributed by atoms with Crippen LogP contribution in [0.25, 0.3) is 0 Å². The fraction of sp³-hybridized carbons (Fsp3) is 0.769. The molecule has 1 unspecified atom stereocenters. The Hall–Kier alpha value is -1.47. The van der Waals surface area contributed by atoms with Gasteiger partial charge in [0.15, 0.2) is 5.69 Å². The van der Waals surface area contributed by atoms with Crippen molar-refractivity contribution in [2.24, 2.45) is 5.92 Å². The van der Waals surface area contributed by atoms with Crippen molar-refractivity contribution >= 4 is 5.91 Å². The lowest BCUT2D eigenvalue weighted by molar-refractivity contribution is 0.0802. The fourth-order valence-electron chi connectivity index (χ4n) is 1.91. The number of hydrogen-bond donors (Lipinski definition) is 2. The molecule has 7 heteroatoms. The summed E-state index contributed by atoms with van der Waals surface area (Å²) in [5.74, 6) is 0.110. The van der Waals surface area contributed by atoms with E-state index in [9.17, 15) is 4.79 Å². The van der Waals surface area contributed by atoms with E-state index in [-0.39, 0.29) is 11.9 Å². The van der Waals surface area contributed by atoms with Gasteiger partial charge in [-0.15, -0.1) is 5.10 Å². The third kappa shape index (κ3) is 3.55. The van der Waals surface area contributed by atoms with Gasteiger partial charge in [0, 0.05) is 19.7 Å². The minimum absolute atomic E-state index is 0.0158. The van der Waals surface area contributed by atoms with Gasteiger partial charge in [0.25, 0.3) is 5.91 Å². The summed E-state index contributed by atoms with van der Waals surface area (Å²) in [7, 11) is 0. The van der Waals surface area contributed by atoms with E-state index in [0.29, 0.717) is 30.9 Å². The Balaban J connectivity index is 1.93. The van der Waals surface area contributed by atoms with Gasteiger partial charge < -0.3 is 15.4 Å². The molecule has 1 atom stereocenters. The van der Waals surface area contributed by atoms with Crippen molar-refractivity contribution in [1.82, 2.24) is 25.6 Å². The highest BCUT2D eigenvalue weighted by molar-refractivity contribution is 5.92. The fourth-order valence-corrected chi connectivity index (χ4v) is 1.91. The lowest BCUT2D eigenvalue weighted by atomic mass is 10.1. The smallest absolute Gasteiger partial charge is 0.273 e. The molecule has 2 N–H and O–H groups in total. The van der Waals surface area contributed by atoms with E-state index in [1.807, 2.05) is 6.92 Å². The van der Waals surface area contributed by atoms with Gasteiger partial charge >= 0.3 is 0 Å². The van der Waals surface area contributed by atoms with Gasteiger partial charge in [-0.1, -0.05) is 19.1 Å². The highest BCUT2D eigenvalue weighted by Gasteiger charge is 2.23. The number of ether oxygens (including phenoxy) is 1. The Morgan fingerprint density at radius 2 is 2.35 bits per heavy atom. The number of nitrogens with one attached hydrogen (secondary N) is 2. The quantitative estimate of drug-likeness (QED) is 0.747. The maximum Gasteiger partial charge on any atom is 0.273 e. The average Bonchev–Trinajstić information content (AvgIpc) is 2.81. The Morgan fingerprint density at radius 3 is 2.90 bits per heavy atom. The second-order valence-electron chi connectivity index (χ2n) is 5.38. The molecule has 1 aliphatic rings. The second kappa shape index (κ2) is 6.81. The Labute approximate surface area is 119 Å². The second-order valence-corrected chi connectivity index (χ2v) is 5.38. The standard InChI is InChI=1S/C13H23N5O2/c1-4-20-8-12(9(2)3)15-13(19)11-7-18(17-16-11)10-5-14-6-10/h7,9-10,12,14H,4-6,8H2,1-3H3,(H,15,19). The zero-order valence-corrected chi connectivity index (χ0v) is 12.3. The van der Waals surface area contributed by atoms with Crippen molar-refractivity contribution in [2.75, 3.05) is 26.3 Å². The lowest BCUT2D eigenvalue weighted by Gasteiger charge is -2.26. The van der Waals surface area contributed by atoms with Crippen molar-refractivity contribution in [1.29, 1.82) is 0 Å². The molecule has 0 bridgehead atoms. The van der Waals surface area contributed by atoms with Gasteiger partial charge in [-0.25, -0.2) is 4.68 Å². The lowest BCUT2D eigenvalue weighted by Crippen LogP contribution is -2.43. The summed E-state index contributed by atoms with van der Waals surface area (Å²) in [6.45, 7) is 8.97. The number of nitrogens with zero attached hydrogens (tertiary/aromatic N) is 3. The van der Waals surface area contributed by atoms with Crippen LogP contribution in [0.4, 0.5) is 0 Å². The molecule has 1 aromatic rings. The molecular formula is C13H23N5O2. The minimum atomic E-state index is -0.193. The molecule has 0 spiro atoms. The molecule has 7 nitrogen and oxygen atoms in total. The average molecular weight is 281 g/mol. The summed E-state index contributed by atoms with van der Waals surface area (Å²) in [5.41, 5.74) is 0.360. The SMILES string of the molecule is CCOCC(NC(=O)c1cn(C2CNC2)nn1)C(C)C. The first-order valence-corrected chi connectivity index (χ1v) is 7.13. The first kappa shape index (κ1) is 14.9. The van der Waals surface area contributed by atoms with Gasteiger partial charge in [-0.05, 0) is 12.8 Å². The van der Waals surface area contributed by atoms with Crippen LogP contribution >= 0.6 is 0 Å². The molecule has 0 radical (unpaired) electrons. The third-order valence-corrected chi connectivity index (χ3v) is 3.50. The molecular weight excluding hydrogens is 258 g/mol. The van der Waals surface area contributed by atoms with Gasteiger partial charge in [0.05, 0.1) is 24.9 Å². The highest BCUT2D eigenvalue weighted by atomic mass is 16.5. The van der Waals surface area contributed by atoms with Gasteiger partial charge in [0.1, 0.15) is 0 Å². The third-order valence-electron chi connectivity index (χ3n) is 3.50. The molecule has 0 aromatic carbocycles. The van der Waals surface area contributed by atoms with Crippen molar-refractivity contribution in [2.45, 2.75) is 32.9 Å². The predicted octanol–water partition coefficient (Wildman–Crippen LogP) is 0.213. The van der Waals surface area contributed by atoms with Crippen molar-refractivity contribution < 1.29 is 9.53 Å². The van der Waals surface area contributed by atoms with Gasteiger partial charge in [-0.3, -0.25) is 4.79 Å². The van der Waals surface area contributed by atoms with Crippen LogP contribution in [0, 0.1) is 5.92 Å². The largest absolute Gasteiger partial charge is 0.380 e. The number of carbonyl (C=O) groups is 1. The predicted molar refractivity (Wildman–Crippen MR) is 74.5 cm³/mol. The van der Waals surface area contributed by atoms with Gasteiger partial charge in [0.2, 0.25) is 0 Å². The van der Waals surface area contributed by atoms with Crippen LogP contribution in [0.5, 0.6) is 0 Å². The van der Waals surface area contributed by atoms with Crippen molar-refractivity contribution in [3.63, 3.8) is 0 Å². The van der Waals surface area contributed by atoms with Crippen LogP contribution in [0.3, 0.4) is 0 Å². The molecule has 20 heavy (non-hydrogen) atoms. The minimum Gasteiger partial charge on any atom is -0.380 e. The maximum absolute atomic E-state index is 12.2. The number of rotatable bonds is 7. The van der Waals surface area contributed by atoms with Gasteiger partial charge in [-0.2, -0.15) is 0 Å². The number of amides is 1. The molecule has 112 valence electrons. The van der Waals surface area contributed by atoms with Crippen LogP contribution in [0.2, 0.25) is 0 Å². The van der Waals surface area contributed by atoms with Crippen LogP contribution in [-0.4, -0.2) is 53.2 Å². The number of hydrogen-bond acceptors (Lipinski definition) is 5. The molecule has 2 heterocycles. The molecule has 1 saturated heterocycles. The summed E-state index contributed by atoms with van der Waals surface area (Å²) in [6.07, 6.45) is 1.71. The van der Waals surface area contributed by atoms with E-state index in [4.69, 9.17) is 4.74 Å². The van der Waals surface area contributed by atoms with E-state index in [2.05, 4.69) is 34.8 Å². The van der Waals surface area contributed by atoms with Crippen LogP contribution in [0.1, 0.15) is 37.3 Å². The van der Waals surface area contributed by atoms with E-state index in [1.165, 1.54) is 0 Å². The first-order chi connectivity index (χ1) is 9.61. The number of carbonyl (C=O) groups excluding carboxylic acids is 1. The van der Waals surface area contributed by atoms with Crippen molar-refractivity contribution in [3.05, 3.63) is 11.9 Å².